The van der Waals surface area contributed by atoms with Gasteiger partial charge in [-0.15, -0.1) is 0 Å². The summed E-state index contributed by atoms with van der Waals surface area (Å²) in [5.74, 6) is 2.53. The maximum atomic E-state index is 10.3. The van der Waals surface area contributed by atoms with Gasteiger partial charge in [0.2, 0.25) is 0 Å². The Kier molecular flexibility index (Phi) is 2.31. The molecule has 4 atom stereocenters. The standard InChI is InChI=1S/C11H22OSi/c1-13(2,3)11(12)10-7-8-4-5-9(10)6-8/h8-12H,4-7H2,1-3H3. The van der Waals surface area contributed by atoms with Crippen LogP contribution in [0.4, 0.5) is 0 Å². The smallest absolute Gasteiger partial charge is 0.0785 e. The van der Waals surface area contributed by atoms with E-state index in [1.54, 1.807) is 0 Å². The van der Waals surface area contributed by atoms with E-state index in [2.05, 4.69) is 19.6 Å². The Morgan fingerprint density at radius 2 is 1.85 bits per heavy atom. The zero-order valence-corrected chi connectivity index (χ0v) is 10.1. The molecule has 2 fully saturated rings. The lowest BCUT2D eigenvalue weighted by molar-refractivity contribution is 0.131. The number of aliphatic hydroxyl groups is 1. The van der Waals surface area contributed by atoms with Gasteiger partial charge in [-0.25, -0.2) is 0 Å². The molecule has 2 saturated carbocycles. The number of aliphatic hydroxyl groups excluding tert-OH is 1. The summed E-state index contributed by atoms with van der Waals surface area (Å²) in [6, 6.07) is 0. The molecule has 1 nitrogen and oxygen atoms in total. The highest BCUT2D eigenvalue weighted by Crippen LogP contribution is 2.50. The third kappa shape index (κ3) is 1.71. The van der Waals surface area contributed by atoms with Crippen LogP contribution >= 0.6 is 0 Å². The fourth-order valence-corrected chi connectivity index (χ4v) is 5.02. The second kappa shape index (κ2) is 3.09. The zero-order valence-electron chi connectivity index (χ0n) is 9.09. The van der Waals surface area contributed by atoms with E-state index in [1.807, 2.05) is 0 Å². The summed E-state index contributed by atoms with van der Waals surface area (Å²) in [6.07, 6.45) is 5.60. The minimum atomic E-state index is -1.31. The first-order valence-corrected chi connectivity index (χ1v) is 9.24. The lowest BCUT2D eigenvalue weighted by Crippen LogP contribution is -2.45. The minimum Gasteiger partial charge on any atom is -0.396 e. The van der Waals surface area contributed by atoms with Gasteiger partial charge in [0, 0.05) is 5.73 Å². The predicted molar refractivity (Wildman–Crippen MR) is 58.3 cm³/mol. The third-order valence-corrected chi connectivity index (χ3v) is 6.29. The van der Waals surface area contributed by atoms with Gasteiger partial charge in [0.15, 0.2) is 0 Å². The van der Waals surface area contributed by atoms with Gasteiger partial charge in [-0.2, -0.15) is 0 Å². The van der Waals surface area contributed by atoms with Crippen LogP contribution in [0.1, 0.15) is 25.7 Å². The highest BCUT2D eigenvalue weighted by molar-refractivity contribution is 6.77. The average molecular weight is 198 g/mol. The summed E-state index contributed by atoms with van der Waals surface area (Å²) in [5.41, 5.74) is 0.0581. The summed E-state index contributed by atoms with van der Waals surface area (Å²) in [6.45, 7) is 6.89. The van der Waals surface area contributed by atoms with Crippen molar-refractivity contribution in [2.45, 2.75) is 51.1 Å². The molecule has 0 aliphatic heterocycles. The molecule has 0 heterocycles. The monoisotopic (exact) mass is 198 g/mol. The Morgan fingerprint density at radius 3 is 2.23 bits per heavy atom. The molecule has 0 spiro atoms. The van der Waals surface area contributed by atoms with Crippen molar-refractivity contribution in [3.05, 3.63) is 0 Å². The summed E-state index contributed by atoms with van der Waals surface area (Å²) in [5, 5.41) is 10.3. The van der Waals surface area contributed by atoms with E-state index in [0.29, 0.717) is 5.92 Å². The topological polar surface area (TPSA) is 20.2 Å². The van der Waals surface area contributed by atoms with E-state index in [9.17, 15) is 5.11 Å². The third-order valence-electron chi connectivity index (χ3n) is 4.09. The molecule has 4 unspecified atom stereocenters. The van der Waals surface area contributed by atoms with Gasteiger partial charge < -0.3 is 5.11 Å². The zero-order chi connectivity index (χ0) is 9.64. The van der Waals surface area contributed by atoms with Crippen LogP contribution in [0, 0.1) is 17.8 Å². The van der Waals surface area contributed by atoms with Crippen LogP contribution in [0.5, 0.6) is 0 Å². The van der Waals surface area contributed by atoms with Crippen molar-refractivity contribution in [2.24, 2.45) is 17.8 Å². The molecule has 0 aromatic carbocycles. The van der Waals surface area contributed by atoms with Crippen molar-refractivity contribution in [2.75, 3.05) is 0 Å². The lowest BCUT2D eigenvalue weighted by atomic mass is 9.89. The highest BCUT2D eigenvalue weighted by atomic mass is 28.3. The quantitative estimate of drug-likeness (QED) is 0.676. The van der Waals surface area contributed by atoms with Gasteiger partial charge in [0.1, 0.15) is 0 Å². The van der Waals surface area contributed by atoms with Gasteiger partial charge >= 0.3 is 0 Å². The molecule has 2 rings (SSSR count). The van der Waals surface area contributed by atoms with Crippen molar-refractivity contribution in [1.82, 2.24) is 0 Å². The van der Waals surface area contributed by atoms with Crippen molar-refractivity contribution in [3.63, 3.8) is 0 Å². The average Bonchev–Trinajstić information content (AvgIpc) is 2.60. The Balaban J connectivity index is 2.02. The van der Waals surface area contributed by atoms with E-state index in [0.717, 1.165) is 11.8 Å². The summed E-state index contributed by atoms with van der Waals surface area (Å²) < 4.78 is 0. The minimum absolute atomic E-state index is 0.0581. The molecule has 13 heavy (non-hydrogen) atoms. The Morgan fingerprint density at radius 1 is 1.15 bits per heavy atom. The molecule has 2 heteroatoms. The van der Waals surface area contributed by atoms with Crippen molar-refractivity contribution in [1.29, 1.82) is 0 Å². The molecule has 0 amide bonds. The molecule has 0 aromatic rings. The fraction of sp³-hybridized carbons (Fsp3) is 1.00. The van der Waals surface area contributed by atoms with E-state index in [4.69, 9.17) is 0 Å². The summed E-state index contributed by atoms with van der Waals surface area (Å²) in [4.78, 5) is 0. The van der Waals surface area contributed by atoms with Crippen LogP contribution in [-0.4, -0.2) is 18.9 Å². The molecule has 0 aromatic heterocycles. The van der Waals surface area contributed by atoms with Crippen LogP contribution in [0.3, 0.4) is 0 Å². The molecule has 0 saturated heterocycles. The Labute approximate surface area is 82.6 Å². The SMILES string of the molecule is C[Si](C)(C)C(O)C1CC2CCC1C2. The van der Waals surface area contributed by atoms with E-state index in [1.165, 1.54) is 25.7 Å². The molecule has 2 aliphatic rings. The maximum absolute atomic E-state index is 10.3. The van der Waals surface area contributed by atoms with Gasteiger partial charge in [0.05, 0.1) is 8.07 Å². The molecular formula is C11H22OSi. The van der Waals surface area contributed by atoms with Gasteiger partial charge in [0.25, 0.3) is 0 Å². The van der Waals surface area contributed by atoms with E-state index >= 15 is 0 Å². The largest absolute Gasteiger partial charge is 0.396 e. The number of fused-ring (bicyclic) bond motifs is 2. The molecular weight excluding hydrogens is 176 g/mol. The normalized spacial score (nSPS) is 41.1. The van der Waals surface area contributed by atoms with Crippen molar-refractivity contribution >= 4 is 8.07 Å². The predicted octanol–water partition coefficient (Wildman–Crippen LogP) is 2.66. The summed E-state index contributed by atoms with van der Waals surface area (Å²) in [7, 11) is -1.31. The first-order valence-electron chi connectivity index (χ1n) is 5.66. The van der Waals surface area contributed by atoms with Crippen molar-refractivity contribution in [3.8, 4) is 0 Å². The highest BCUT2D eigenvalue weighted by Gasteiger charge is 2.45. The Bertz CT molecular complexity index is 197. The van der Waals surface area contributed by atoms with E-state index < -0.39 is 8.07 Å². The second-order valence-electron chi connectivity index (χ2n) is 6.15. The molecule has 2 bridgehead atoms. The molecule has 2 aliphatic carbocycles. The molecule has 76 valence electrons. The first-order chi connectivity index (χ1) is 5.98. The van der Waals surface area contributed by atoms with Gasteiger partial charge in [-0.3, -0.25) is 0 Å². The number of hydrogen-bond donors (Lipinski definition) is 1. The van der Waals surface area contributed by atoms with Crippen LogP contribution < -0.4 is 0 Å². The lowest BCUT2D eigenvalue weighted by Gasteiger charge is -2.34. The maximum Gasteiger partial charge on any atom is 0.0785 e. The summed E-state index contributed by atoms with van der Waals surface area (Å²) >= 11 is 0. The Hall–Kier alpha value is 0.177. The van der Waals surface area contributed by atoms with Gasteiger partial charge in [-0.05, 0) is 37.0 Å². The van der Waals surface area contributed by atoms with Crippen molar-refractivity contribution < 1.29 is 5.11 Å². The first kappa shape index (κ1) is 9.72. The van der Waals surface area contributed by atoms with Crippen LogP contribution in [0.15, 0.2) is 0 Å². The van der Waals surface area contributed by atoms with E-state index in [-0.39, 0.29) is 5.73 Å². The van der Waals surface area contributed by atoms with Crippen LogP contribution in [0.25, 0.3) is 0 Å². The molecule has 1 N–H and O–H groups in total. The fourth-order valence-electron chi connectivity index (χ4n) is 3.32. The van der Waals surface area contributed by atoms with Gasteiger partial charge in [-0.1, -0.05) is 26.1 Å². The van der Waals surface area contributed by atoms with Crippen LogP contribution in [-0.2, 0) is 0 Å². The number of rotatable bonds is 2. The number of hydrogen-bond acceptors (Lipinski definition) is 1. The molecule has 0 radical (unpaired) electrons. The second-order valence-corrected chi connectivity index (χ2v) is 11.5. The van der Waals surface area contributed by atoms with Crippen LogP contribution in [0.2, 0.25) is 19.6 Å².